The smallest absolute Gasteiger partial charge is 0.283 e. The average molecular weight is 421 g/mol. The molecular weight excluding hydrogens is 404 g/mol. The Morgan fingerprint density at radius 3 is 2.17 bits per heavy atom. The minimum Gasteiger partial charge on any atom is -0.350 e. The van der Waals surface area contributed by atoms with Crippen molar-refractivity contribution in [2.45, 2.75) is 11.8 Å². The number of hydrogen-bond acceptors (Lipinski definition) is 4. The molecule has 1 aliphatic heterocycles. The van der Waals surface area contributed by atoms with Gasteiger partial charge in [0, 0.05) is 15.6 Å². The normalized spacial score (nSPS) is 13.9. The summed E-state index contributed by atoms with van der Waals surface area (Å²) in [5, 5.41) is 3.80. The second-order valence-electron chi connectivity index (χ2n) is 6.48. The number of halogens is 1. The topological polar surface area (TPSA) is 49.4 Å². The Hall–Kier alpha value is -3.02. The molecule has 0 bridgehead atoms. The number of carbonyl (C=O) groups is 2. The molecule has 2 amide bonds. The Bertz CT molecular complexity index is 1110. The maximum atomic E-state index is 13.2. The summed E-state index contributed by atoms with van der Waals surface area (Å²) in [7, 11) is 0. The molecule has 0 atom stereocenters. The van der Waals surface area contributed by atoms with Crippen LogP contribution in [0, 0.1) is 6.92 Å². The van der Waals surface area contributed by atoms with Crippen LogP contribution in [0.1, 0.15) is 5.56 Å². The first-order valence-corrected chi connectivity index (χ1v) is 10.2. The third-order valence-corrected chi connectivity index (χ3v) is 5.84. The minimum absolute atomic E-state index is 0.271. The molecule has 1 N–H and O–H groups in total. The predicted octanol–water partition coefficient (Wildman–Crippen LogP) is 5.64. The molecule has 4 rings (SSSR count). The molecule has 29 heavy (non-hydrogen) atoms. The first-order chi connectivity index (χ1) is 14.0. The molecule has 1 aliphatic rings. The molecule has 0 aliphatic carbocycles. The van der Waals surface area contributed by atoms with Gasteiger partial charge in [0.15, 0.2) is 0 Å². The second kappa shape index (κ2) is 8.15. The highest BCUT2D eigenvalue weighted by molar-refractivity contribution is 8.04. The summed E-state index contributed by atoms with van der Waals surface area (Å²) in [6.45, 7) is 1.95. The Morgan fingerprint density at radius 2 is 1.48 bits per heavy atom. The lowest BCUT2D eigenvalue weighted by Crippen LogP contribution is -2.32. The van der Waals surface area contributed by atoms with Crippen molar-refractivity contribution in [2.75, 3.05) is 10.2 Å². The van der Waals surface area contributed by atoms with Crippen molar-refractivity contribution in [3.8, 4) is 0 Å². The Balaban J connectivity index is 1.76. The number of amides is 2. The first kappa shape index (κ1) is 19.3. The maximum absolute atomic E-state index is 13.2. The summed E-state index contributed by atoms with van der Waals surface area (Å²) >= 11 is 7.22. The van der Waals surface area contributed by atoms with Crippen molar-refractivity contribution in [3.63, 3.8) is 0 Å². The van der Waals surface area contributed by atoms with Crippen molar-refractivity contribution >= 4 is 46.6 Å². The first-order valence-electron chi connectivity index (χ1n) is 8.99. The van der Waals surface area contributed by atoms with Gasteiger partial charge < -0.3 is 5.32 Å². The summed E-state index contributed by atoms with van der Waals surface area (Å²) in [6, 6.07) is 23.8. The highest BCUT2D eigenvalue weighted by Gasteiger charge is 2.40. The lowest BCUT2D eigenvalue weighted by molar-refractivity contribution is -0.120. The van der Waals surface area contributed by atoms with Crippen LogP contribution in [0.3, 0.4) is 0 Å². The quantitative estimate of drug-likeness (QED) is 0.543. The van der Waals surface area contributed by atoms with E-state index in [-0.39, 0.29) is 17.5 Å². The highest BCUT2D eigenvalue weighted by atomic mass is 35.5. The van der Waals surface area contributed by atoms with E-state index in [1.165, 1.54) is 16.7 Å². The molecule has 0 spiro atoms. The van der Waals surface area contributed by atoms with Gasteiger partial charge in [0.2, 0.25) is 0 Å². The summed E-state index contributed by atoms with van der Waals surface area (Å²) in [5.74, 6) is -0.724. The fourth-order valence-electron chi connectivity index (χ4n) is 2.99. The monoisotopic (exact) mass is 420 g/mol. The van der Waals surface area contributed by atoms with Crippen LogP contribution in [-0.2, 0) is 9.59 Å². The van der Waals surface area contributed by atoms with E-state index >= 15 is 0 Å². The van der Waals surface area contributed by atoms with Crippen LogP contribution in [0.25, 0.3) is 0 Å². The van der Waals surface area contributed by atoms with E-state index in [0.717, 1.165) is 16.1 Å². The van der Waals surface area contributed by atoms with Crippen LogP contribution in [0.5, 0.6) is 0 Å². The third-order valence-electron chi connectivity index (χ3n) is 4.49. The van der Waals surface area contributed by atoms with Crippen LogP contribution >= 0.6 is 23.4 Å². The summed E-state index contributed by atoms with van der Waals surface area (Å²) in [6.07, 6.45) is 0. The molecule has 4 nitrogen and oxygen atoms in total. The highest BCUT2D eigenvalue weighted by Crippen LogP contribution is 2.38. The van der Waals surface area contributed by atoms with E-state index < -0.39 is 0 Å². The average Bonchev–Trinajstić information content (AvgIpc) is 2.96. The van der Waals surface area contributed by atoms with Gasteiger partial charge in [-0.15, -0.1) is 0 Å². The number of carbonyl (C=O) groups excluding carboxylic acids is 2. The number of nitrogens with one attached hydrogen (secondary N) is 1. The Labute approximate surface area is 178 Å². The Morgan fingerprint density at radius 1 is 0.828 bits per heavy atom. The van der Waals surface area contributed by atoms with Crippen molar-refractivity contribution in [1.29, 1.82) is 0 Å². The number of hydrogen-bond donors (Lipinski definition) is 1. The van der Waals surface area contributed by atoms with E-state index in [1.54, 1.807) is 36.4 Å². The fraction of sp³-hybridized carbons (Fsp3) is 0.0435. The molecule has 1 heterocycles. The number of benzene rings is 3. The van der Waals surface area contributed by atoms with Crippen LogP contribution in [-0.4, -0.2) is 11.8 Å². The fourth-order valence-corrected chi connectivity index (χ4v) is 4.05. The second-order valence-corrected chi connectivity index (χ2v) is 8.00. The van der Waals surface area contributed by atoms with Gasteiger partial charge in [-0.3, -0.25) is 9.59 Å². The van der Waals surface area contributed by atoms with Gasteiger partial charge in [-0.25, -0.2) is 4.90 Å². The van der Waals surface area contributed by atoms with E-state index in [1.807, 2.05) is 49.4 Å². The van der Waals surface area contributed by atoms with Crippen LogP contribution in [0.15, 0.2) is 94.4 Å². The molecule has 0 aromatic heterocycles. The van der Waals surface area contributed by atoms with Crippen molar-refractivity contribution < 1.29 is 9.59 Å². The third kappa shape index (κ3) is 3.92. The van der Waals surface area contributed by atoms with E-state index in [2.05, 4.69) is 5.32 Å². The largest absolute Gasteiger partial charge is 0.350 e. The number of rotatable bonds is 5. The number of aryl methyl sites for hydroxylation is 1. The van der Waals surface area contributed by atoms with E-state index in [9.17, 15) is 9.59 Å². The predicted molar refractivity (Wildman–Crippen MR) is 118 cm³/mol. The standard InChI is InChI=1S/C23H17ClN2O2S/c1-15-7-5-6-10-19(15)25-20-21(29-18-13-11-16(24)12-14-18)23(28)26(22(20)27)17-8-3-2-4-9-17/h2-14,25H,1H3. The minimum atomic E-state index is -0.374. The molecule has 144 valence electrons. The van der Waals surface area contributed by atoms with Gasteiger partial charge in [0.25, 0.3) is 11.8 Å². The summed E-state index contributed by atoms with van der Waals surface area (Å²) in [4.78, 5) is 28.9. The number of nitrogens with zero attached hydrogens (tertiary/aromatic N) is 1. The van der Waals surface area contributed by atoms with Gasteiger partial charge in [0.1, 0.15) is 10.6 Å². The van der Waals surface area contributed by atoms with Gasteiger partial charge in [-0.05, 0) is 55.0 Å². The van der Waals surface area contributed by atoms with E-state index in [4.69, 9.17) is 11.6 Å². The molecule has 3 aromatic rings. The number of thioether (sulfide) groups is 1. The summed E-state index contributed by atoms with van der Waals surface area (Å²) < 4.78 is 0. The zero-order valence-corrected chi connectivity index (χ0v) is 17.1. The molecular formula is C23H17ClN2O2S. The molecule has 0 radical (unpaired) electrons. The van der Waals surface area contributed by atoms with Crippen molar-refractivity contribution in [3.05, 3.63) is 100 Å². The van der Waals surface area contributed by atoms with Gasteiger partial charge >= 0.3 is 0 Å². The van der Waals surface area contributed by atoms with Crippen LogP contribution < -0.4 is 10.2 Å². The van der Waals surface area contributed by atoms with Crippen LogP contribution in [0.2, 0.25) is 5.02 Å². The van der Waals surface area contributed by atoms with Crippen molar-refractivity contribution in [2.24, 2.45) is 0 Å². The van der Waals surface area contributed by atoms with Gasteiger partial charge in [0.05, 0.1) is 5.69 Å². The molecule has 0 unspecified atom stereocenters. The van der Waals surface area contributed by atoms with Gasteiger partial charge in [-0.1, -0.05) is 59.8 Å². The molecule has 0 saturated heterocycles. The SMILES string of the molecule is Cc1ccccc1NC1=C(Sc2ccc(Cl)cc2)C(=O)N(c2ccccc2)C1=O. The summed E-state index contributed by atoms with van der Waals surface area (Å²) in [5.41, 5.74) is 2.58. The van der Waals surface area contributed by atoms with E-state index in [0.29, 0.717) is 15.6 Å². The van der Waals surface area contributed by atoms with Gasteiger partial charge in [-0.2, -0.15) is 0 Å². The number of anilines is 2. The molecule has 0 saturated carbocycles. The molecule has 3 aromatic carbocycles. The zero-order chi connectivity index (χ0) is 20.4. The number of imide groups is 1. The molecule has 6 heteroatoms. The van der Waals surface area contributed by atoms with Crippen LogP contribution in [0.4, 0.5) is 11.4 Å². The maximum Gasteiger partial charge on any atom is 0.283 e. The molecule has 0 fully saturated rings. The lowest BCUT2D eigenvalue weighted by Gasteiger charge is -2.15. The Kier molecular flexibility index (Phi) is 5.43. The van der Waals surface area contributed by atoms with Crippen molar-refractivity contribution in [1.82, 2.24) is 0 Å². The lowest BCUT2D eigenvalue weighted by atomic mass is 10.2. The number of para-hydroxylation sites is 2. The zero-order valence-electron chi connectivity index (χ0n) is 15.6.